The van der Waals surface area contributed by atoms with Gasteiger partial charge in [-0.3, -0.25) is 4.90 Å². The third kappa shape index (κ3) is 2.97. The highest BCUT2D eigenvalue weighted by Crippen LogP contribution is 2.66. The van der Waals surface area contributed by atoms with E-state index in [9.17, 15) is 10.2 Å². The maximum Gasteiger partial charge on any atom is 0.0833 e. The van der Waals surface area contributed by atoms with Gasteiger partial charge in [0.05, 0.1) is 11.7 Å². The predicted octanol–water partition coefficient (Wildman–Crippen LogP) is 5.02. The van der Waals surface area contributed by atoms with Crippen molar-refractivity contribution in [2.24, 2.45) is 22.7 Å². The second-order valence-corrected chi connectivity index (χ2v) is 12.0. The smallest absolute Gasteiger partial charge is 0.0833 e. The molecule has 0 bridgehead atoms. The van der Waals surface area contributed by atoms with Crippen LogP contribution in [0, 0.1) is 22.7 Å². The van der Waals surface area contributed by atoms with Crippen molar-refractivity contribution in [3.63, 3.8) is 0 Å². The lowest BCUT2D eigenvalue weighted by atomic mass is 9.50. The van der Waals surface area contributed by atoms with Crippen LogP contribution in [0.25, 0.3) is 0 Å². The number of rotatable bonds is 2. The number of fused-ring (bicyclic) bond motifs is 6. The second kappa shape index (κ2) is 7.29. The van der Waals surface area contributed by atoms with Gasteiger partial charge in [-0.25, -0.2) is 0 Å². The summed E-state index contributed by atoms with van der Waals surface area (Å²) in [5.41, 5.74) is 5.56. The number of nitrogens with zero attached hydrogens (tertiary/aromatic N) is 1. The van der Waals surface area contributed by atoms with Crippen LogP contribution in [0.5, 0.6) is 0 Å². The molecule has 3 saturated carbocycles. The summed E-state index contributed by atoms with van der Waals surface area (Å²) >= 11 is 0. The first-order valence-electron chi connectivity index (χ1n) is 12.9. The van der Waals surface area contributed by atoms with E-state index in [1.165, 1.54) is 23.1 Å². The van der Waals surface area contributed by atoms with Gasteiger partial charge in [0.1, 0.15) is 0 Å². The molecule has 5 aliphatic rings. The molecule has 172 valence electrons. The largest absolute Gasteiger partial charge is 0.393 e. The van der Waals surface area contributed by atoms with Crippen molar-refractivity contribution >= 4 is 0 Å². The number of benzene rings is 1. The molecular weight excluding hydrogens is 394 g/mol. The summed E-state index contributed by atoms with van der Waals surface area (Å²) < 4.78 is 0. The Morgan fingerprint density at radius 2 is 1.75 bits per heavy atom. The molecule has 1 aliphatic heterocycles. The molecule has 6 rings (SSSR count). The first-order chi connectivity index (χ1) is 15.3. The Morgan fingerprint density at radius 1 is 0.969 bits per heavy atom. The van der Waals surface area contributed by atoms with Gasteiger partial charge in [-0.2, -0.15) is 0 Å². The molecule has 4 aliphatic carbocycles. The fourth-order valence-corrected chi connectivity index (χ4v) is 8.41. The minimum Gasteiger partial charge on any atom is -0.393 e. The second-order valence-electron chi connectivity index (χ2n) is 12.0. The Balaban J connectivity index is 1.26. The maximum atomic E-state index is 12.2. The zero-order chi connectivity index (χ0) is 22.1. The van der Waals surface area contributed by atoms with Crippen LogP contribution >= 0.6 is 0 Å². The zero-order valence-corrected chi connectivity index (χ0v) is 19.8. The maximum absolute atomic E-state index is 12.2. The Kier molecular flexibility index (Phi) is 4.81. The van der Waals surface area contributed by atoms with Gasteiger partial charge in [-0.15, -0.1) is 0 Å². The molecule has 0 unspecified atom stereocenters. The molecule has 3 heteroatoms. The summed E-state index contributed by atoms with van der Waals surface area (Å²) in [6.07, 6.45) is 12.9. The molecular formula is C29H39NO2. The van der Waals surface area contributed by atoms with Crippen LogP contribution in [0.1, 0.15) is 69.9 Å². The topological polar surface area (TPSA) is 43.7 Å². The standard InChI is InChI=1S/C29H39NO2/c1-27-13-9-23(31)17-22(27)7-8-24-25(27)10-14-28(2)26(24)11-15-29(28,32)19-30-16-12-20-5-3-4-6-21(20)18-30/h3-8,23,25-26,31-32H,9-19H2,1-2H3/t23-,25-,26-,27-,28-,29+/m0/s1. The summed E-state index contributed by atoms with van der Waals surface area (Å²) in [5.74, 6) is 1.09. The fourth-order valence-electron chi connectivity index (χ4n) is 8.41. The zero-order valence-electron chi connectivity index (χ0n) is 19.8. The van der Waals surface area contributed by atoms with E-state index in [1.807, 2.05) is 0 Å². The predicted molar refractivity (Wildman–Crippen MR) is 128 cm³/mol. The molecule has 32 heavy (non-hydrogen) atoms. The molecule has 0 amide bonds. The molecule has 0 saturated heterocycles. The lowest BCUT2D eigenvalue weighted by Crippen LogP contribution is -2.56. The van der Waals surface area contributed by atoms with Gasteiger partial charge in [0.2, 0.25) is 0 Å². The third-order valence-electron chi connectivity index (χ3n) is 10.6. The van der Waals surface area contributed by atoms with Crippen LogP contribution < -0.4 is 0 Å². The number of allylic oxidation sites excluding steroid dienone is 3. The number of hydrogen-bond acceptors (Lipinski definition) is 3. The summed E-state index contributed by atoms with van der Waals surface area (Å²) in [7, 11) is 0. The van der Waals surface area contributed by atoms with E-state index in [2.05, 4.69) is 55.2 Å². The van der Waals surface area contributed by atoms with E-state index >= 15 is 0 Å². The highest BCUT2D eigenvalue weighted by molar-refractivity contribution is 5.40. The van der Waals surface area contributed by atoms with Crippen molar-refractivity contribution < 1.29 is 10.2 Å². The average Bonchev–Trinajstić information content (AvgIpc) is 3.04. The molecule has 2 N–H and O–H groups in total. The van der Waals surface area contributed by atoms with Crippen LogP contribution in [0.15, 0.2) is 47.6 Å². The minimum atomic E-state index is -0.608. The van der Waals surface area contributed by atoms with Crippen LogP contribution in [0.3, 0.4) is 0 Å². The minimum absolute atomic E-state index is 0.0395. The van der Waals surface area contributed by atoms with Gasteiger partial charge in [0.25, 0.3) is 0 Å². The van der Waals surface area contributed by atoms with E-state index in [-0.39, 0.29) is 16.9 Å². The Morgan fingerprint density at radius 3 is 2.59 bits per heavy atom. The van der Waals surface area contributed by atoms with Crippen molar-refractivity contribution in [1.29, 1.82) is 0 Å². The molecule has 1 aromatic rings. The van der Waals surface area contributed by atoms with Gasteiger partial charge in [0.15, 0.2) is 0 Å². The number of β-amino-alcohol motifs (C(OH)–C–C–N with tert-alkyl or cyclic N) is 1. The quantitative estimate of drug-likeness (QED) is 0.688. The van der Waals surface area contributed by atoms with Crippen molar-refractivity contribution in [1.82, 2.24) is 4.90 Å². The summed E-state index contributed by atoms with van der Waals surface area (Å²) in [6.45, 7) is 7.68. The van der Waals surface area contributed by atoms with Crippen molar-refractivity contribution in [3.05, 3.63) is 58.7 Å². The highest BCUT2D eigenvalue weighted by atomic mass is 16.3. The lowest BCUT2D eigenvalue weighted by Gasteiger charge is -2.56. The van der Waals surface area contributed by atoms with Crippen LogP contribution in [-0.4, -0.2) is 39.9 Å². The van der Waals surface area contributed by atoms with E-state index in [4.69, 9.17) is 0 Å². The van der Waals surface area contributed by atoms with E-state index in [1.54, 1.807) is 5.57 Å². The molecule has 3 nitrogen and oxygen atoms in total. The number of hydrogen-bond donors (Lipinski definition) is 2. The Labute approximate surface area is 193 Å². The van der Waals surface area contributed by atoms with Gasteiger partial charge < -0.3 is 10.2 Å². The third-order valence-corrected chi connectivity index (χ3v) is 10.6. The normalized spacial score (nSPS) is 43.4. The van der Waals surface area contributed by atoms with Gasteiger partial charge in [-0.1, -0.05) is 61.4 Å². The average molecular weight is 434 g/mol. The molecule has 6 atom stereocenters. The number of aliphatic hydroxyl groups is 2. The van der Waals surface area contributed by atoms with E-state index in [0.29, 0.717) is 11.8 Å². The summed E-state index contributed by atoms with van der Waals surface area (Å²) in [5, 5.41) is 22.4. The van der Waals surface area contributed by atoms with Crippen LogP contribution in [0.4, 0.5) is 0 Å². The Bertz CT molecular complexity index is 981. The van der Waals surface area contributed by atoms with Crippen LogP contribution in [-0.2, 0) is 13.0 Å². The van der Waals surface area contributed by atoms with Gasteiger partial charge >= 0.3 is 0 Å². The Hall–Kier alpha value is -1.42. The summed E-state index contributed by atoms with van der Waals surface area (Å²) in [6, 6.07) is 8.81. The van der Waals surface area contributed by atoms with Crippen molar-refractivity contribution in [2.75, 3.05) is 13.1 Å². The fraction of sp³-hybridized carbons (Fsp3) is 0.655. The molecule has 0 aromatic heterocycles. The highest BCUT2D eigenvalue weighted by Gasteiger charge is 2.62. The first kappa shape index (κ1) is 21.1. The van der Waals surface area contributed by atoms with E-state index < -0.39 is 5.60 Å². The summed E-state index contributed by atoms with van der Waals surface area (Å²) in [4.78, 5) is 2.51. The molecule has 1 heterocycles. The SMILES string of the molecule is C[C@]12CC[C@H](O)CC1=CC=C1[C@@H]2CC[C@@]2(C)[C@H]1CC[C@@]2(O)CN1CCc2ccccc2C1. The van der Waals surface area contributed by atoms with Crippen molar-refractivity contribution in [3.8, 4) is 0 Å². The van der Waals surface area contributed by atoms with Crippen LogP contribution in [0.2, 0.25) is 0 Å². The van der Waals surface area contributed by atoms with Gasteiger partial charge in [0, 0.05) is 25.0 Å². The molecule has 0 radical (unpaired) electrons. The molecule has 1 aromatic carbocycles. The van der Waals surface area contributed by atoms with E-state index in [0.717, 1.165) is 64.6 Å². The monoisotopic (exact) mass is 433 g/mol. The van der Waals surface area contributed by atoms with Crippen molar-refractivity contribution in [2.45, 2.75) is 83.5 Å². The molecule has 3 fully saturated rings. The lowest BCUT2D eigenvalue weighted by molar-refractivity contribution is -0.104. The first-order valence-corrected chi connectivity index (χ1v) is 12.9. The molecule has 0 spiro atoms. The van der Waals surface area contributed by atoms with Gasteiger partial charge in [-0.05, 0) is 79.7 Å². The number of aliphatic hydroxyl groups excluding tert-OH is 1.